The van der Waals surface area contributed by atoms with Gasteiger partial charge in [0.25, 0.3) is 0 Å². The molecule has 0 aliphatic heterocycles. The van der Waals surface area contributed by atoms with E-state index >= 15 is 0 Å². The Kier molecular flexibility index (Phi) is 2.76. The molecule has 0 aliphatic carbocycles. The van der Waals surface area contributed by atoms with E-state index in [1.54, 1.807) is 6.92 Å². The summed E-state index contributed by atoms with van der Waals surface area (Å²) in [4.78, 5) is 0. The van der Waals surface area contributed by atoms with E-state index in [1.165, 1.54) is 0 Å². The van der Waals surface area contributed by atoms with Gasteiger partial charge in [0.15, 0.2) is 0 Å². The first-order valence-corrected chi connectivity index (χ1v) is 3.65. The average molecular weight is 171 g/mol. The molecule has 0 atom stereocenters. The Hall–Kier alpha value is -0.960. The Morgan fingerprint density at radius 1 is 1.42 bits per heavy atom. The molecule has 0 amide bonds. The summed E-state index contributed by atoms with van der Waals surface area (Å²) in [6, 6.07) is 2.99. The summed E-state index contributed by atoms with van der Waals surface area (Å²) in [5.74, 6) is -1.15. The standard InChI is InChI=1S/C9H9F2O/c1-2-9(12)7-5-6(10)3-4-8(7)11/h3-5,12H,2H2,1H3. The van der Waals surface area contributed by atoms with Crippen molar-refractivity contribution >= 4 is 0 Å². The first-order valence-electron chi connectivity index (χ1n) is 3.65. The average Bonchev–Trinajstić information content (AvgIpc) is 2.08. The second-order valence-electron chi connectivity index (χ2n) is 2.42. The van der Waals surface area contributed by atoms with Crippen molar-refractivity contribution in [3.8, 4) is 0 Å². The molecule has 0 spiro atoms. The lowest BCUT2D eigenvalue weighted by molar-refractivity contribution is 0.312. The van der Waals surface area contributed by atoms with Crippen LogP contribution in [0.15, 0.2) is 18.2 Å². The van der Waals surface area contributed by atoms with Crippen LogP contribution in [0.2, 0.25) is 0 Å². The number of aliphatic hydroxyl groups is 1. The van der Waals surface area contributed by atoms with E-state index in [4.69, 9.17) is 5.11 Å². The van der Waals surface area contributed by atoms with Gasteiger partial charge in [-0.05, 0) is 24.6 Å². The third kappa shape index (κ3) is 1.80. The van der Waals surface area contributed by atoms with Crippen LogP contribution in [-0.2, 0) is 0 Å². The fraction of sp³-hybridized carbons (Fsp3) is 0.222. The summed E-state index contributed by atoms with van der Waals surface area (Å²) in [5, 5.41) is 9.14. The van der Waals surface area contributed by atoms with Crippen molar-refractivity contribution in [1.29, 1.82) is 0 Å². The minimum absolute atomic E-state index is 0.0579. The first-order chi connectivity index (χ1) is 5.65. The van der Waals surface area contributed by atoms with Gasteiger partial charge in [0.1, 0.15) is 17.7 Å². The van der Waals surface area contributed by atoms with E-state index in [0.717, 1.165) is 18.2 Å². The molecular formula is C9H9F2O. The zero-order valence-corrected chi connectivity index (χ0v) is 6.64. The molecule has 3 heteroatoms. The number of hydrogen-bond acceptors (Lipinski definition) is 1. The van der Waals surface area contributed by atoms with Crippen molar-refractivity contribution in [3.05, 3.63) is 41.5 Å². The Balaban J connectivity index is 3.04. The fourth-order valence-electron chi connectivity index (χ4n) is 0.909. The molecule has 0 unspecified atom stereocenters. The van der Waals surface area contributed by atoms with Crippen molar-refractivity contribution in [3.63, 3.8) is 0 Å². The van der Waals surface area contributed by atoms with E-state index < -0.39 is 11.6 Å². The lowest BCUT2D eigenvalue weighted by atomic mass is 10.1. The van der Waals surface area contributed by atoms with Crippen molar-refractivity contribution in [2.45, 2.75) is 13.3 Å². The van der Waals surface area contributed by atoms with Crippen LogP contribution < -0.4 is 0 Å². The van der Waals surface area contributed by atoms with E-state index in [1.807, 2.05) is 0 Å². The maximum atomic E-state index is 12.9. The molecule has 0 saturated heterocycles. The van der Waals surface area contributed by atoms with Crippen LogP contribution in [0.5, 0.6) is 0 Å². The SMILES string of the molecule is CC[C](O)c1cc(F)ccc1F. The van der Waals surface area contributed by atoms with Crippen LogP contribution in [0.3, 0.4) is 0 Å². The molecular weight excluding hydrogens is 162 g/mol. The Bertz CT molecular complexity index is 273. The first kappa shape index (κ1) is 9.13. The largest absolute Gasteiger partial charge is 0.382 e. The summed E-state index contributed by atoms with van der Waals surface area (Å²) in [5.41, 5.74) is -0.0579. The highest BCUT2D eigenvalue weighted by Crippen LogP contribution is 2.19. The highest BCUT2D eigenvalue weighted by molar-refractivity contribution is 5.28. The zero-order valence-electron chi connectivity index (χ0n) is 6.64. The molecule has 1 nitrogen and oxygen atoms in total. The van der Waals surface area contributed by atoms with Crippen LogP contribution in [0.1, 0.15) is 18.9 Å². The summed E-state index contributed by atoms with van der Waals surface area (Å²) >= 11 is 0. The van der Waals surface area contributed by atoms with Crippen LogP contribution >= 0.6 is 0 Å². The summed E-state index contributed by atoms with van der Waals surface area (Å²) in [6.07, 6.45) is 0.160. The molecule has 0 saturated carbocycles. The van der Waals surface area contributed by atoms with Gasteiger partial charge >= 0.3 is 0 Å². The highest BCUT2D eigenvalue weighted by atomic mass is 19.1. The topological polar surface area (TPSA) is 20.2 Å². The second kappa shape index (κ2) is 3.63. The Labute approximate surface area is 69.7 Å². The maximum Gasteiger partial charge on any atom is 0.129 e. The maximum absolute atomic E-state index is 12.9. The quantitative estimate of drug-likeness (QED) is 0.725. The van der Waals surface area contributed by atoms with Crippen LogP contribution in [-0.4, -0.2) is 5.11 Å². The molecule has 65 valence electrons. The van der Waals surface area contributed by atoms with Gasteiger partial charge in [-0.15, -0.1) is 0 Å². The van der Waals surface area contributed by atoms with E-state index in [0.29, 0.717) is 6.42 Å². The van der Waals surface area contributed by atoms with Crippen molar-refractivity contribution in [1.82, 2.24) is 0 Å². The highest BCUT2D eigenvalue weighted by Gasteiger charge is 2.12. The smallest absolute Gasteiger partial charge is 0.129 e. The monoisotopic (exact) mass is 171 g/mol. The third-order valence-electron chi connectivity index (χ3n) is 1.57. The normalized spacial score (nSPS) is 10.8. The lowest BCUT2D eigenvalue weighted by Crippen LogP contribution is -2.00. The van der Waals surface area contributed by atoms with Gasteiger partial charge in [0, 0.05) is 5.56 Å². The minimum atomic E-state index is -0.601. The lowest BCUT2D eigenvalue weighted by Gasteiger charge is -2.07. The number of aliphatic hydroxyl groups excluding tert-OH is 1. The summed E-state index contributed by atoms with van der Waals surface area (Å²) in [6.45, 7) is 1.67. The van der Waals surface area contributed by atoms with Gasteiger partial charge < -0.3 is 5.11 Å². The van der Waals surface area contributed by atoms with Crippen molar-refractivity contribution in [2.75, 3.05) is 0 Å². The molecule has 0 bridgehead atoms. The summed E-state index contributed by atoms with van der Waals surface area (Å²) < 4.78 is 25.4. The molecule has 1 N–H and O–H groups in total. The predicted octanol–water partition coefficient (Wildman–Crippen LogP) is 2.63. The zero-order chi connectivity index (χ0) is 9.14. The molecule has 0 heterocycles. The molecule has 1 aromatic rings. The van der Waals surface area contributed by atoms with Gasteiger partial charge in [-0.2, -0.15) is 0 Å². The number of halogens is 2. The number of benzene rings is 1. The van der Waals surface area contributed by atoms with Gasteiger partial charge in [0.05, 0.1) is 0 Å². The summed E-state index contributed by atoms with van der Waals surface area (Å²) in [7, 11) is 0. The van der Waals surface area contributed by atoms with E-state index in [-0.39, 0.29) is 11.7 Å². The molecule has 0 aliphatic rings. The molecule has 0 aromatic heterocycles. The Morgan fingerprint density at radius 2 is 2.08 bits per heavy atom. The van der Waals surface area contributed by atoms with Gasteiger partial charge in [0.2, 0.25) is 0 Å². The molecule has 1 aromatic carbocycles. The number of hydrogen-bond donors (Lipinski definition) is 1. The van der Waals surface area contributed by atoms with E-state index in [9.17, 15) is 8.78 Å². The molecule has 12 heavy (non-hydrogen) atoms. The molecule has 0 fully saturated rings. The third-order valence-corrected chi connectivity index (χ3v) is 1.57. The molecule has 1 rings (SSSR count). The van der Waals surface area contributed by atoms with Crippen LogP contribution in [0, 0.1) is 17.7 Å². The minimum Gasteiger partial charge on any atom is -0.382 e. The number of rotatable bonds is 2. The van der Waals surface area contributed by atoms with E-state index in [2.05, 4.69) is 0 Å². The van der Waals surface area contributed by atoms with Crippen molar-refractivity contribution < 1.29 is 13.9 Å². The van der Waals surface area contributed by atoms with Gasteiger partial charge in [-0.1, -0.05) is 6.92 Å². The van der Waals surface area contributed by atoms with Crippen LogP contribution in [0.25, 0.3) is 0 Å². The molecule has 1 radical (unpaired) electrons. The fourth-order valence-corrected chi connectivity index (χ4v) is 0.909. The Morgan fingerprint density at radius 3 is 2.67 bits per heavy atom. The van der Waals surface area contributed by atoms with Gasteiger partial charge in [-0.3, -0.25) is 0 Å². The van der Waals surface area contributed by atoms with Crippen LogP contribution in [0.4, 0.5) is 8.78 Å². The van der Waals surface area contributed by atoms with Crippen molar-refractivity contribution in [2.24, 2.45) is 0 Å². The second-order valence-corrected chi connectivity index (χ2v) is 2.42. The predicted molar refractivity (Wildman–Crippen MR) is 40.9 cm³/mol. The van der Waals surface area contributed by atoms with Gasteiger partial charge in [-0.25, -0.2) is 8.78 Å².